The van der Waals surface area contributed by atoms with E-state index in [2.05, 4.69) is 4.98 Å². The molecule has 0 bridgehead atoms. The fourth-order valence-electron chi connectivity index (χ4n) is 3.00. The van der Waals surface area contributed by atoms with E-state index in [-0.39, 0.29) is 24.0 Å². The molecule has 3 rings (SSSR count). The molecule has 2 heterocycles. The fourth-order valence-corrected chi connectivity index (χ4v) is 5.60. The summed E-state index contributed by atoms with van der Waals surface area (Å²) in [6.45, 7) is 5.40. The number of nitrogens with zero attached hydrogens (tertiary/aromatic N) is 2. The maximum Gasteiger partial charge on any atom is 0.310 e. The topological polar surface area (TPSA) is 93.6 Å². The molecule has 9 heteroatoms. The molecule has 150 valence electrons. The molecule has 1 aromatic carbocycles. The van der Waals surface area contributed by atoms with Crippen LogP contribution >= 0.6 is 11.3 Å². The second-order valence-electron chi connectivity index (χ2n) is 6.95. The van der Waals surface area contributed by atoms with Gasteiger partial charge in [0.2, 0.25) is 5.91 Å². The minimum Gasteiger partial charge on any atom is -0.459 e. The first-order chi connectivity index (χ1) is 13.2. The number of rotatable bonds is 5. The number of aromatic nitrogens is 1. The number of amides is 1. The van der Waals surface area contributed by atoms with Crippen LogP contribution in [-0.4, -0.2) is 36.8 Å². The minimum absolute atomic E-state index is 0.0250. The molecule has 7 nitrogen and oxygen atoms in total. The lowest BCUT2D eigenvalue weighted by Crippen LogP contribution is -2.23. The zero-order valence-electron chi connectivity index (χ0n) is 16.0. The van der Waals surface area contributed by atoms with Gasteiger partial charge in [-0.15, -0.1) is 11.3 Å². The van der Waals surface area contributed by atoms with Crippen molar-refractivity contribution in [2.24, 2.45) is 5.92 Å². The van der Waals surface area contributed by atoms with Crippen LogP contribution in [-0.2, 0) is 30.8 Å². The molecule has 0 aliphatic carbocycles. The second kappa shape index (κ2) is 8.00. The highest BCUT2D eigenvalue weighted by molar-refractivity contribution is 7.91. The third-order valence-electron chi connectivity index (χ3n) is 4.72. The molecular weight excluding hydrogens is 400 g/mol. The average Bonchev–Trinajstić information content (AvgIpc) is 3.22. The molecular formula is C19H22N2O5S2. The SMILES string of the molecule is CC(=O)N(c1ccc(C)c(C)c1)c1nc(COC(=O)C2CCS(=O)(=O)C2)cs1. The zero-order valence-corrected chi connectivity index (χ0v) is 17.6. The van der Waals surface area contributed by atoms with Crippen LogP contribution in [0.3, 0.4) is 0 Å². The molecule has 0 radical (unpaired) electrons. The lowest BCUT2D eigenvalue weighted by molar-refractivity contribution is -0.149. The highest BCUT2D eigenvalue weighted by atomic mass is 32.2. The second-order valence-corrected chi connectivity index (χ2v) is 10.0. The summed E-state index contributed by atoms with van der Waals surface area (Å²) in [6.07, 6.45) is 0.300. The van der Waals surface area contributed by atoms with E-state index in [9.17, 15) is 18.0 Å². The lowest BCUT2D eigenvalue weighted by atomic mass is 10.1. The fraction of sp³-hybridized carbons (Fsp3) is 0.421. The molecule has 28 heavy (non-hydrogen) atoms. The smallest absolute Gasteiger partial charge is 0.310 e. The minimum atomic E-state index is -3.14. The molecule has 2 aromatic rings. The van der Waals surface area contributed by atoms with Crippen LogP contribution in [0.25, 0.3) is 0 Å². The summed E-state index contributed by atoms with van der Waals surface area (Å²) < 4.78 is 28.2. The first-order valence-corrected chi connectivity index (χ1v) is 11.6. The normalized spacial score (nSPS) is 18.0. The summed E-state index contributed by atoms with van der Waals surface area (Å²) in [4.78, 5) is 30.2. The number of anilines is 2. The van der Waals surface area contributed by atoms with Gasteiger partial charge in [-0.3, -0.25) is 14.5 Å². The van der Waals surface area contributed by atoms with Crippen molar-refractivity contribution in [3.63, 3.8) is 0 Å². The summed E-state index contributed by atoms with van der Waals surface area (Å²) in [7, 11) is -3.14. The number of carbonyl (C=O) groups excluding carboxylic acids is 2. The molecule has 0 spiro atoms. The third-order valence-corrected chi connectivity index (χ3v) is 7.37. The Morgan fingerprint density at radius 3 is 2.64 bits per heavy atom. The van der Waals surface area contributed by atoms with Gasteiger partial charge in [0.1, 0.15) is 6.61 Å². The van der Waals surface area contributed by atoms with E-state index in [0.717, 1.165) is 16.8 Å². The van der Waals surface area contributed by atoms with Crippen molar-refractivity contribution < 1.29 is 22.7 Å². The highest BCUT2D eigenvalue weighted by Gasteiger charge is 2.34. The third kappa shape index (κ3) is 4.59. The van der Waals surface area contributed by atoms with Crippen molar-refractivity contribution in [1.82, 2.24) is 4.98 Å². The van der Waals surface area contributed by atoms with Crippen LogP contribution in [0, 0.1) is 19.8 Å². The Balaban J connectivity index is 1.70. The summed E-state index contributed by atoms with van der Waals surface area (Å²) in [5, 5.41) is 2.22. The number of esters is 1. The van der Waals surface area contributed by atoms with Crippen LogP contribution in [0.4, 0.5) is 10.8 Å². The molecule has 1 amide bonds. The summed E-state index contributed by atoms with van der Waals surface area (Å²) >= 11 is 1.28. The quantitative estimate of drug-likeness (QED) is 0.688. The Labute approximate surface area is 168 Å². The molecule has 1 unspecified atom stereocenters. The van der Waals surface area contributed by atoms with Gasteiger partial charge in [0, 0.05) is 12.3 Å². The molecule has 1 aliphatic rings. The van der Waals surface area contributed by atoms with Gasteiger partial charge >= 0.3 is 5.97 Å². The van der Waals surface area contributed by atoms with Gasteiger partial charge in [0.05, 0.1) is 28.8 Å². The number of thiazole rings is 1. The molecule has 1 atom stereocenters. The van der Waals surface area contributed by atoms with Crippen LogP contribution in [0.5, 0.6) is 0 Å². The number of benzene rings is 1. The van der Waals surface area contributed by atoms with Gasteiger partial charge < -0.3 is 4.74 Å². The molecule has 1 aromatic heterocycles. The maximum absolute atomic E-state index is 12.2. The number of ether oxygens (including phenoxy) is 1. The van der Waals surface area contributed by atoms with Gasteiger partial charge in [-0.05, 0) is 43.5 Å². The van der Waals surface area contributed by atoms with Gasteiger partial charge in [0.15, 0.2) is 15.0 Å². The maximum atomic E-state index is 12.2. The van der Waals surface area contributed by atoms with Gasteiger partial charge in [-0.1, -0.05) is 6.07 Å². The van der Waals surface area contributed by atoms with E-state index < -0.39 is 21.7 Å². The molecule has 0 N–H and O–H groups in total. The summed E-state index contributed by atoms with van der Waals surface area (Å²) in [5.41, 5.74) is 3.45. The monoisotopic (exact) mass is 422 g/mol. The van der Waals surface area contributed by atoms with Gasteiger partial charge in [-0.2, -0.15) is 0 Å². The van der Waals surface area contributed by atoms with E-state index in [1.807, 2.05) is 32.0 Å². The first kappa shape index (κ1) is 20.5. The van der Waals surface area contributed by atoms with Crippen molar-refractivity contribution in [3.8, 4) is 0 Å². The van der Waals surface area contributed by atoms with Crippen molar-refractivity contribution in [2.75, 3.05) is 16.4 Å². The predicted octanol–water partition coefficient (Wildman–Crippen LogP) is 2.92. The molecule has 1 saturated heterocycles. The van der Waals surface area contributed by atoms with Gasteiger partial charge in [0.25, 0.3) is 0 Å². The first-order valence-electron chi connectivity index (χ1n) is 8.86. The van der Waals surface area contributed by atoms with Gasteiger partial charge in [-0.25, -0.2) is 13.4 Å². The highest BCUT2D eigenvalue weighted by Crippen LogP contribution is 2.30. The number of carbonyl (C=O) groups is 2. The van der Waals surface area contributed by atoms with E-state index in [0.29, 0.717) is 17.2 Å². The van der Waals surface area contributed by atoms with Crippen LogP contribution in [0.1, 0.15) is 30.2 Å². The molecule has 1 aliphatic heterocycles. The van der Waals surface area contributed by atoms with Crippen molar-refractivity contribution in [2.45, 2.75) is 33.8 Å². The van der Waals surface area contributed by atoms with Crippen molar-refractivity contribution in [3.05, 3.63) is 40.4 Å². The largest absolute Gasteiger partial charge is 0.459 e. The average molecular weight is 423 g/mol. The van der Waals surface area contributed by atoms with Crippen molar-refractivity contribution >= 4 is 43.9 Å². The van der Waals surface area contributed by atoms with E-state index >= 15 is 0 Å². The lowest BCUT2D eigenvalue weighted by Gasteiger charge is -2.19. The standard InChI is InChI=1S/C19H22N2O5S2/c1-12-4-5-17(8-13(12)2)21(14(3)22)19-20-16(10-27-19)9-26-18(23)15-6-7-28(24,25)11-15/h4-5,8,10,15H,6-7,9,11H2,1-3H3. The number of aryl methyl sites for hydroxylation is 2. The van der Waals surface area contributed by atoms with E-state index in [1.165, 1.54) is 23.2 Å². The molecule has 1 fully saturated rings. The van der Waals surface area contributed by atoms with Crippen LogP contribution < -0.4 is 4.90 Å². The summed E-state index contributed by atoms with van der Waals surface area (Å²) in [6, 6.07) is 5.75. The zero-order chi connectivity index (χ0) is 20.5. The van der Waals surface area contributed by atoms with E-state index in [4.69, 9.17) is 4.74 Å². The molecule has 0 saturated carbocycles. The number of hydrogen-bond acceptors (Lipinski definition) is 7. The Morgan fingerprint density at radius 1 is 1.29 bits per heavy atom. The predicted molar refractivity (Wildman–Crippen MR) is 107 cm³/mol. The van der Waals surface area contributed by atoms with Crippen LogP contribution in [0.2, 0.25) is 0 Å². The summed E-state index contributed by atoms with van der Waals surface area (Å²) in [5.74, 6) is -1.42. The van der Waals surface area contributed by atoms with Crippen molar-refractivity contribution in [1.29, 1.82) is 0 Å². The Bertz CT molecular complexity index is 1010. The van der Waals surface area contributed by atoms with Crippen LogP contribution in [0.15, 0.2) is 23.6 Å². The number of hydrogen-bond donors (Lipinski definition) is 0. The number of sulfone groups is 1. The Kier molecular flexibility index (Phi) is 5.85. The van der Waals surface area contributed by atoms with E-state index in [1.54, 1.807) is 5.38 Å². The Morgan fingerprint density at radius 2 is 2.04 bits per heavy atom. The Hall–Kier alpha value is -2.26.